The summed E-state index contributed by atoms with van der Waals surface area (Å²) in [7, 11) is 0. The van der Waals surface area contributed by atoms with Crippen LogP contribution >= 0.6 is 0 Å². The van der Waals surface area contributed by atoms with E-state index in [9.17, 15) is 9.59 Å². The molecule has 0 amide bonds. The maximum atomic E-state index is 12.9. The number of esters is 2. The third-order valence-corrected chi connectivity index (χ3v) is 6.61. The molecule has 0 spiro atoms. The predicted molar refractivity (Wildman–Crippen MR) is 141 cm³/mol. The first-order valence-corrected chi connectivity index (χ1v) is 12.4. The van der Waals surface area contributed by atoms with Crippen LogP contribution in [0.1, 0.15) is 46.4 Å². The molecule has 1 aliphatic rings. The average molecular weight is 477 g/mol. The molecule has 4 heteroatoms. The number of carbonyl (C=O) groups is 2. The summed E-state index contributed by atoms with van der Waals surface area (Å²) in [5.41, 5.74) is 5.23. The van der Waals surface area contributed by atoms with Gasteiger partial charge in [0.25, 0.3) is 0 Å². The summed E-state index contributed by atoms with van der Waals surface area (Å²) in [6, 6.07) is 34.8. The highest BCUT2D eigenvalue weighted by atomic mass is 16.6. The van der Waals surface area contributed by atoms with Gasteiger partial charge in [0.15, 0.2) is 0 Å². The molecule has 0 heterocycles. The molecule has 0 saturated heterocycles. The summed E-state index contributed by atoms with van der Waals surface area (Å²) in [4.78, 5) is 25.7. The van der Waals surface area contributed by atoms with Gasteiger partial charge in [0.2, 0.25) is 0 Å². The molecule has 180 valence electrons. The lowest BCUT2D eigenvalue weighted by Gasteiger charge is -2.30. The zero-order chi connectivity index (χ0) is 24.7. The lowest BCUT2D eigenvalue weighted by molar-refractivity contribution is -0.0514. The van der Waals surface area contributed by atoms with Crippen LogP contribution in [0.3, 0.4) is 0 Å². The molecular formula is C32H28O4. The molecule has 1 aliphatic carbocycles. The van der Waals surface area contributed by atoms with Crippen LogP contribution in [0.15, 0.2) is 109 Å². The van der Waals surface area contributed by atoms with Crippen molar-refractivity contribution < 1.29 is 19.1 Å². The van der Waals surface area contributed by atoms with Crippen molar-refractivity contribution in [2.75, 3.05) is 0 Å². The fourth-order valence-electron chi connectivity index (χ4n) is 4.60. The van der Waals surface area contributed by atoms with Crippen molar-refractivity contribution in [3.8, 4) is 22.3 Å². The van der Waals surface area contributed by atoms with E-state index in [1.165, 1.54) is 0 Å². The van der Waals surface area contributed by atoms with E-state index < -0.39 is 24.1 Å². The number of benzene rings is 4. The second-order valence-corrected chi connectivity index (χ2v) is 9.06. The van der Waals surface area contributed by atoms with Gasteiger partial charge in [-0.2, -0.15) is 0 Å². The van der Waals surface area contributed by atoms with Crippen LogP contribution in [0.5, 0.6) is 0 Å². The highest BCUT2D eigenvalue weighted by Gasteiger charge is 2.32. The van der Waals surface area contributed by atoms with Crippen LogP contribution < -0.4 is 0 Å². The molecule has 0 unspecified atom stereocenters. The Morgan fingerprint density at radius 2 is 0.806 bits per heavy atom. The van der Waals surface area contributed by atoms with Gasteiger partial charge in [-0.25, -0.2) is 9.59 Å². The third kappa shape index (κ3) is 5.55. The summed E-state index contributed by atoms with van der Waals surface area (Å²) in [6.07, 6.45) is 2.33. The van der Waals surface area contributed by atoms with Gasteiger partial charge in [-0.05, 0) is 72.2 Å². The average Bonchev–Trinajstić information content (AvgIpc) is 2.95. The van der Waals surface area contributed by atoms with E-state index >= 15 is 0 Å². The topological polar surface area (TPSA) is 52.6 Å². The monoisotopic (exact) mass is 476 g/mol. The third-order valence-electron chi connectivity index (χ3n) is 6.61. The molecule has 0 radical (unpaired) electrons. The molecule has 1 fully saturated rings. The molecule has 2 atom stereocenters. The molecule has 1 saturated carbocycles. The number of ether oxygens (including phenoxy) is 2. The van der Waals surface area contributed by atoms with Crippen molar-refractivity contribution in [2.24, 2.45) is 0 Å². The van der Waals surface area contributed by atoms with Gasteiger partial charge in [-0.15, -0.1) is 0 Å². The number of hydrogen-bond acceptors (Lipinski definition) is 4. The Balaban J connectivity index is 1.22. The van der Waals surface area contributed by atoms with Crippen molar-refractivity contribution in [3.05, 3.63) is 120 Å². The van der Waals surface area contributed by atoms with Crippen molar-refractivity contribution >= 4 is 11.9 Å². The summed E-state index contributed by atoms with van der Waals surface area (Å²) in [5, 5.41) is 0. The summed E-state index contributed by atoms with van der Waals surface area (Å²) < 4.78 is 11.7. The molecule has 4 aromatic carbocycles. The Labute approximate surface area is 211 Å². The van der Waals surface area contributed by atoms with Crippen molar-refractivity contribution in [2.45, 2.75) is 37.9 Å². The van der Waals surface area contributed by atoms with E-state index in [0.717, 1.165) is 35.1 Å². The fraction of sp³-hybridized carbons (Fsp3) is 0.188. The smallest absolute Gasteiger partial charge is 0.338 e. The van der Waals surface area contributed by atoms with Gasteiger partial charge in [-0.3, -0.25) is 0 Å². The number of rotatable bonds is 6. The quantitative estimate of drug-likeness (QED) is 0.273. The summed E-state index contributed by atoms with van der Waals surface area (Å²) in [5.74, 6) is -0.787. The molecule has 0 bridgehead atoms. The fourth-order valence-corrected chi connectivity index (χ4v) is 4.60. The van der Waals surface area contributed by atoms with Crippen LogP contribution in [-0.2, 0) is 9.47 Å². The Bertz CT molecular complexity index is 1190. The Morgan fingerprint density at radius 1 is 0.472 bits per heavy atom. The Morgan fingerprint density at radius 3 is 1.17 bits per heavy atom. The summed E-state index contributed by atoms with van der Waals surface area (Å²) in [6.45, 7) is 0. The molecule has 0 aromatic heterocycles. The predicted octanol–water partition coefficient (Wildman–Crippen LogP) is 7.35. The van der Waals surface area contributed by atoms with E-state index in [0.29, 0.717) is 24.0 Å². The van der Waals surface area contributed by atoms with Crippen LogP contribution in [0.4, 0.5) is 0 Å². The van der Waals surface area contributed by atoms with E-state index in [1.807, 2.05) is 84.9 Å². The van der Waals surface area contributed by atoms with Crippen molar-refractivity contribution in [1.29, 1.82) is 0 Å². The van der Waals surface area contributed by atoms with E-state index in [-0.39, 0.29) is 0 Å². The lowest BCUT2D eigenvalue weighted by atomic mass is 9.94. The molecule has 4 aromatic rings. The van der Waals surface area contributed by atoms with Crippen LogP contribution in [0, 0.1) is 0 Å². The highest BCUT2D eigenvalue weighted by molar-refractivity contribution is 5.91. The first kappa shape index (κ1) is 23.6. The van der Waals surface area contributed by atoms with Gasteiger partial charge in [-0.1, -0.05) is 84.9 Å². The lowest BCUT2D eigenvalue weighted by Crippen LogP contribution is -2.37. The minimum Gasteiger partial charge on any atom is -0.455 e. The van der Waals surface area contributed by atoms with Crippen LogP contribution in [0.25, 0.3) is 22.3 Å². The molecule has 0 N–H and O–H groups in total. The second kappa shape index (κ2) is 11.0. The van der Waals surface area contributed by atoms with Gasteiger partial charge >= 0.3 is 11.9 Å². The van der Waals surface area contributed by atoms with E-state index in [4.69, 9.17) is 9.47 Å². The Hall–Kier alpha value is -4.18. The summed E-state index contributed by atoms with van der Waals surface area (Å²) >= 11 is 0. The largest absolute Gasteiger partial charge is 0.455 e. The van der Waals surface area contributed by atoms with Gasteiger partial charge in [0.05, 0.1) is 11.1 Å². The SMILES string of the molecule is O=C(O[C@@H]1CCCC[C@H]1OC(=O)c1ccc(-c2ccccc2)cc1)c1ccc(-c2ccccc2)cc1. The van der Waals surface area contributed by atoms with Crippen molar-refractivity contribution in [1.82, 2.24) is 0 Å². The molecule has 0 aliphatic heterocycles. The normalized spacial score (nSPS) is 17.2. The maximum absolute atomic E-state index is 12.9. The minimum absolute atomic E-state index is 0.394. The zero-order valence-electron chi connectivity index (χ0n) is 20.0. The second-order valence-electron chi connectivity index (χ2n) is 9.06. The standard InChI is InChI=1S/C32H28O4/c33-31(27-19-15-25(16-20-27)23-9-3-1-4-10-23)35-29-13-7-8-14-30(29)36-32(34)28-21-17-26(18-22-28)24-11-5-2-6-12-24/h1-6,9-12,15-22,29-30H,7-8,13-14H2/t29-,30-/m1/s1. The molecule has 4 nitrogen and oxygen atoms in total. The first-order valence-electron chi connectivity index (χ1n) is 12.4. The van der Waals surface area contributed by atoms with Gasteiger partial charge in [0, 0.05) is 0 Å². The zero-order valence-corrected chi connectivity index (χ0v) is 20.0. The molecule has 5 rings (SSSR count). The van der Waals surface area contributed by atoms with Gasteiger partial charge in [0.1, 0.15) is 12.2 Å². The minimum atomic E-state index is -0.451. The number of hydrogen-bond donors (Lipinski definition) is 0. The van der Waals surface area contributed by atoms with Crippen molar-refractivity contribution in [3.63, 3.8) is 0 Å². The molecular weight excluding hydrogens is 448 g/mol. The van der Waals surface area contributed by atoms with Crippen LogP contribution in [-0.4, -0.2) is 24.1 Å². The number of carbonyl (C=O) groups excluding carboxylic acids is 2. The maximum Gasteiger partial charge on any atom is 0.338 e. The molecule has 36 heavy (non-hydrogen) atoms. The first-order chi connectivity index (χ1) is 17.7. The van der Waals surface area contributed by atoms with E-state index in [2.05, 4.69) is 0 Å². The van der Waals surface area contributed by atoms with Crippen LogP contribution in [0.2, 0.25) is 0 Å². The highest BCUT2D eigenvalue weighted by Crippen LogP contribution is 2.27. The van der Waals surface area contributed by atoms with Gasteiger partial charge < -0.3 is 9.47 Å². The van der Waals surface area contributed by atoms with E-state index in [1.54, 1.807) is 24.3 Å². The Kier molecular flexibility index (Phi) is 7.23.